The topological polar surface area (TPSA) is 101 Å². The van der Waals surface area contributed by atoms with E-state index in [0.717, 1.165) is 44.2 Å². The Morgan fingerprint density at radius 1 is 1.09 bits per heavy atom. The fourth-order valence-corrected chi connectivity index (χ4v) is 3.04. The monoisotopic (exact) mass is 453 g/mol. The maximum Gasteiger partial charge on any atom is 0.490 e. The van der Waals surface area contributed by atoms with Crippen LogP contribution >= 0.6 is 0 Å². The number of carboxylic acids is 1. The van der Waals surface area contributed by atoms with Crippen molar-refractivity contribution in [2.45, 2.75) is 6.18 Å². The van der Waals surface area contributed by atoms with Gasteiger partial charge in [0.05, 0.1) is 13.2 Å². The number of halogens is 3. The van der Waals surface area contributed by atoms with Gasteiger partial charge in [0.15, 0.2) is 5.69 Å². The average Bonchev–Trinajstić information content (AvgIpc) is 3.41. The highest BCUT2D eigenvalue weighted by Crippen LogP contribution is 2.14. The molecule has 0 saturated carbocycles. The van der Waals surface area contributed by atoms with E-state index in [1.165, 1.54) is 0 Å². The van der Waals surface area contributed by atoms with E-state index >= 15 is 0 Å². The number of carbonyl (C=O) groups is 2. The number of hydrogen-bond donors (Lipinski definition) is 2. The van der Waals surface area contributed by atoms with Crippen LogP contribution in [-0.4, -0.2) is 81.6 Å². The normalized spacial score (nSPS) is 14.6. The molecule has 2 N–H and O–H groups in total. The minimum atomic E-state index is -5.08. The minimum absolute atomic E-state index is 0.145. The molecule has 1 amide bonds. The first-order chi connectivity index (χ1) is 15.3. The van der Waals surface area contributed by atoms with E-state index in [1.807, 2.05) is 47.1 Å². The highest BCUT2D eigenvalue weighted by atomic mass is 19.4. The number of pyridine rings is 1. The van der Waals surface area contributed by atoms with Crippen LogP contribution in [0.3, 0.4) is 0 Å². The Morgan fingerprint density at radius 3 is 2.50 bits per heavy atom. The van der Waals surface area contributed by atoms with Gasteiger partial charge in [-0.05, 0) is 30.3 Å². The maximum atomic E-state index is 12.3. The molecule has 1 aliphatic rings. The fraction of sp³-hybridized carbons (Fsp3) is 0.350. The van der Waals surface area contributed by atoms with Gasteiger partial charge in [-0.1, -0.05) is 6.07 Å². The van der Waals surface area contributed by atoms with Crippen molar-refractivity contribution < 1.29 is 32.6 Å². The summed E-state index contributed by atoms with van der Waals surface area (Å²) in [6.45, 7) is 4.82. The maximum absolute atomic E-state index is 12.3. The Bertz CT molecular complexity index is 1060. The zero-order valence-electron chi connectivity index (χ0n) is 17.0. The van der Waals surface area contributed by atoms with E-state index < -0.39 is 12.1 Å². The lowest BCUT2D eigenvalue weighted by Gasteiger charge is -2.26. The number of aromatic nitrogens is 3. The van der Waals surface area contributed by atoms with Crippen LogP contribution in [0.4, 0.5) is 13.2 Å². The van der Waals surface area contributed by atoms with Crippen molar-refractivity contribution in [2.24, 2.45) is 0 Å². The molecule has 1 saturated heterocycles. The quantitative estimate of drug-likeness (QED) is 0.611. The van der Waals surface area contributed by atoms with E-state index in [9.17, 15) is 18.0 Å². The lowest BCUT2D eigenvalue weighted by atomic mass is 10.4. The lowest BCUT2D eigenvalue weighted by Crippen LogP contribution is -2.41. The van der Waals surface area contributed by atoms with Gasteiger partial charge >= 0.3 is 12.1 Å². The van der Waals surface area contributed by atoms with Crippen molar-refractivity contribution >= 4 is 17.4 Å². The molecule has 9 nitrogen and oxygen atoms in total. The zero-order chi connectivity index (χ0) is 23.1. The van der Waals surface area contributed by atoms with Crippen molar-refractivity contribution in [3.63, 3.8) is 0 Å². The number of alkyl halides is 3. The predicted molar refractivity (Wildman–Crippen MR) is 108 cm³/mol. The van der Waals surface area contributed by atoms with Crippen LogP contribution in [-0.2, 0) is 9.53 Å². The van der Waals surface area contributed by atoms with Crippen molar-refractivity contribution in [3.8, 4) is 5.82 Å². The molecule has 4 heterocycles. The van der Waals surface area contributed by atoms with Crippen LogP contribution in [0.1, 0.15) is 10.5 Å². The van der Waals surface area contributed by atoms with E-state index in [0.29, 0.717) is 12.2 Å². The van der Waals surface area contributed by atoms with E-state index in [1.54, 1.807) is 10.7 Å². The Hall–Kier alpha value is -3.38. The van der Waals surface area contributed by atoms with Gasteiger partial charge in [0.25, 0.3) is 5.91 Å². The van der Waals surface area contributed by atoms with Crippen molar-refractivity contribution in [1.29, 1.82) is 0 Å². The van der Waals surface area contributed by atoms with Crippen molar-refractivity contribution in [1.82, 2.24) is 24.4 Å². The van der Waals surface area contributed by atoms with Gasteiger partial charge < -0.3 is 19.6 Å². The molecule has 3 aromatic rings. The van der Waals surface area contributed by atoms with Crippen LogP contribution in [0.25, 0.3) is 11.3 Å². The number of fused-ring (bicyclic) bond motifs is 1. The highest BCUT2D eigenvalue weighted by Gasteiger charge is 2.38. The molecule has 0 aliphatic carbocycles. The molecule has 3 aromatic heterocycles. The fourth-order valence-electron chi connectivity index (χ4n) is 3.04. The first-order valence-electron chi connectivity index (χ1n) is 9.76. The number of aliphatic carboxylic acids is 1. The molecule has 1 aliphatic heterocycles. The molecule has 0 atom stereocenters. The Kier molecular flexibility index (Phi) is 7.49. The summed E-state index contributed by atoms with van der Waals surface area (Å²) in [6, 6.07) is 11.8. The highest BCUT2D eigenvalue weighted by molar-refractivity contribution is 5.92. The molecule has 0 radical (unpaired) electrons. The second-order valence-electron chi connectivity index (χ2n) is 6.85. The van der Waals surface area contributed by atoms with Crippen molar-refractivity contribution in [2.75, 3.05) is 39.4 Å². The molecule has 0 spiro atoms. The first-order valence-corrected chi connectivity index (χ1v) is 9.76. The van der Waals surface area contributed by atoms with Gasteiger partial charge in [0.1, 0.15) is 5.82 Å². The second kappa shape index (κ2) is 10.3. The Balaban J connectivity index is 0.000000360. The molecule has 0 bridgehead atoms. The van der Waals surface area contributed by atoms with E-state index in [4.69, 9.17) is 14.6 Å². The standard InChI is InChI=1S/C18H21N5O2.C2HF3O2/c24-18(19-7-10-21-11-13-25-14-12-21)16-6-9-23(20-16)17-5-4-15-3-1-2-8-22(15)17;3-2(4,5)1(6)7/h1-6,8-9H,7,10-14H2,(H,19,24);(H,6,7). The first kappa shape index (κ1) is 23.3. The Morgan fingerprint density at radius 2 is 1.81 bits per heavy atom. The summed E-state index contributed by atoms with van der Waals surface area (Å²) in [5.74, 6) is -2.00. The number of ether oxygens (including phenoxy) is 1. The third-order valence-electron chi connectivity index (χ3n) is 4.66. The van der Waals surface area contributed by atoms with Gasteiger partial charge in [-0.3, -0.25) is 9.69 Å². The van der Waals surface area contributed by atoms with Gasteiger partial charge in [-0.25, -0.2) is 9.48 Å². The number of amides is 1. The number of morpholine rings is 1. The van der Waals surface area contributed by atoms with E-state index in [-0.39, 0.29) is 5.91 Å². The summed E-state index contributed by atoms with van der Waals surface area (Å²) < 4.78 is 40.8. The number of hydrogen-bond acceptors (Lipinski definition) is 5. The second-order valence-corrected chi connectivity index (χ2v) is 6.85. The molecular weight excluding hydrogens is 431 g/mol. The van der Waals surface area contributed by atoms with Gasteiger partial charge in [0, 0.05) is 44.1 Å². The van der Waals surface area contributed by atoms with Crippen molar-refractivity contribution in [3.05, 3.63) is 54.5 Å². The summed E-state index contributed by atoms with van der Waals surface area (Å²) in [5.41, 5.74) is 1.51. The van der Waals surface area contributed by atoms with Gasteiger partial charge in [-0.15, -0.1) is 0 Å². The minimum Gasteiger partial charge on any atom is -0.475 e. The lowest BCUT2D eigenvalue weighted by molar-refractivity contribution is -0.192. The molecule has 172 valence electrons. The SMILES string of the molecule is O=C(NCCN1CCOCC1)c1ccn(-c2ccc3ccccn23)n1.O=C(O)C(F)(F)F. The van der Waals surface area contributed by atoms with Gasteiger partial charge in [-0.2, -0.15) is 18.3 Å². The summed E-state index contributed by atoms with van der Waals surface area (Å²) in [4.78, 5) is 23.5. The number of carbonyl (C=O) groups excluding carboxylic acids is 1. The summed E-state index contributed by atoms with van der Waals surface area (Å²) in [5, 5.41) is 14.5. The molecule has 4 rings (SSSR count). The smallest absolute Gasteiger partial charge is 0.475 e. The van der Waals surface area contributed by atoms with Crippen LogP contribution in [0, 0.1) is 0 Å². The zero-order valence-corrected chi connectivity index (χ0v) is 17.0. The number of carboxylic acid groups (broad SMARTS) is 1. The summed E-state index contributed by atoms with van der Waals surface area (Å²) in [7, 11) is 0. The summed E-state index contributed by atoms with van der Waals surface area (Å²) in [6.07, 6.45) is -1.29. The van der Waals surface area contributed by atoms with Crippen LogP contribution in [0.5, 0.6) is 0 Å². The number of nitrogens with one attached hydrogen (secondary N) is 1. The van der Waals surface area contributed by atoms with Gasteiger partial charge in [0.2, 0.25) is 0 Å². The van der Waals surface area contributed by atoms with Crippen LogP contribution in [0.2, 0.25) is 0 Å². The number of nitrogens with zero attached hydrogens (tertiary/aromatic N) is 4. The molecule has 0 unspecified atom stereocenters. The average molecular weight is 453 g/mol. The molecule has 1 fully saturated rings. The Labute approximate surface area is 181 Å². The molecule has 0 aromatic carbocycles. The predicted octanol–water partition coefficient (Wildman–Crippen LogP) is 1.82. The van der Waals surface area contributed by atoms with E-state index in [2.05, 4.69) is 15.3 Å². The molecular formula is C20H22F3N5O4. The molecule has 12 heteroatoms. The summed E-state index contributed by atoms with van der Waals surface area (Å²) >= 11 is 0. The third-order valence-corrected chi connectivity index (χ3v) is 4.66. The largest absolute Gasteiger partial charge is 0.490 e. The molecule has 32 heavy (non-hydrogen) atoms. The van der Waals surface area contributed by atoms with Crippen LogP contribution < -0.4 is 5.32 Å². The third kappa shape index (κ3) is 6.08. The number of rotatable bonds is 5. The van der Waals surface area contributed by atoms with Crippen LogP contribution in [0.15, 0.2) is 48.8 Å².